The molecule has 0 heterocycles. The number of hydrogen-bond donors (Lipinski definition) is 2. The molecule has 2 aromatic rings. The minimum Gasteiger partial charge on any atom is -0.452 e. The highest BCUT2D eigenvalue weighted by molar-refractivity contribution is 6.30. The molecule has 6 nitrogen and oxygen atoms in total. The van der Waals surface area contributed by atoms with Crippen molar-refractivity contribution in [2.45, 2.75) is 19.3 Å². The average Bonchev–Trinajstić information content (AvgIpc) is 3.54. The van der Waals surface area contributed by atoms with Crippen molar-refractivity contribution in [3.05, 3.63) is 64.7 Å². The molecule has 2 aromatic carbocycles. The molecule has 2 amide bonds. The van der Waals surface area contributed by atoms with Crippen molar-refractivity contribution >= 4 is 35.1 Å². The van der Waals surface area contributed by atoms with E-state index in [0.29, 0.717) is 29.2 Å². The van der Waals surface area contributed by atoms with E-state index in [1.165, 1.54) is 0 Å². The van der Waals surface area contributed by atoms with Crippen molar-refractivity contribution in [2.24, 2.45) is 5.92 Å². The van der Waals surface area contributed by atoms with Gasteiger partial charge in [0.15, 0.2) is 6.61 Å². The quantitative estimate of drug-likeness (QED) is 0.666. The van der Waals surface area contributed by atoms with Crippen LogP contribution in [0.3, 0.4) is 0 Å². The first kappa shape index (κ1) is 19.9. The van der Waals surface area contributed by atoms with Crippen LogP contribution in [0.2, 0.25) is 5.02 Å². The van der Waals surface area contributed by atoms with Crippen LogP contribution in [0.1, 0.15) is 28.8 Å². The average molecular weight is 401 g/mol. The van der Waals surface area contributed by atoms with Crippen LogP contribution in [0.4, 0.5) is 5.69 Å². The summed E-state index contributed by atoms with van der Waals surface area (Å²) >= 11 is 5.83. The second kappa shape index (κ2) is 9.37. The Morgan fingerprint density at radius 3 is 2.32 bits per heavy atom. The molecule has 0 unspecified atom stereocenters. The Labute approximate surface area is 168 Å². The van der Waals surface area contributed by atoms with Gasteiger partial charge in [0.05, 0.1) is 5.56 Å². The van der Waals surface area contributed by atoms with Crippen molar-refractivity contribution < 1.29 is 19.1 Å². The van der Waals surface area contributed by atoms with Gasteiger partial charge in [0.2, 0.25) is 5.91 Å². The number of carbonyl (C=O) groups excluding carboxylic acids is 3. The van der Waals surface area contributed by atoms with Gasteiger partial charge in [-0.1, -0.05) is 23.7 Å². The number of amides is 2. The molecule has 0 saturated heterocycles. The number of carbonyl (C=O) groups is 3. The molecule has 1 aliphatic rings. The molecule has 2 N–H and O–H groups in total. The minimum atomic E-state index is -0.590. The molecule has 7 heteroatoms. The molecule has 1 fully saturated rings. The highest BCUT2D eigenvalue weighted by atomic mass is 35.5. The molecular formula is C21H21ClN2O4. The van der Waals surface area contributed by atoms with Crippen LogP contribution >= 0.6 is 11.6 Å². The summed E-state index contributed by atoms with van der Waals surface area (Å²) < 4.78 is 5.02. The standard InChI is InChI=1S/C21H21ClN2O4/c22-17-7-1-14(2-8-17)11-12-23-19(25)13-28-21(27)16-5-9-18(10-6-16)24-20(26)15-3-4-15/h1-2,5-10,15H,3-4,11-13H2,(H,23,25)(H,24,26). The minimum absolute atomic E-state index is 0.00518. The van der Waals surface area contributed by atoms with Gasteiger partial charge in [-0.15, -0.1) is 0 Å². The fourth-order valence-electron chi connectivity index (χ4n) is 2.54. The Hall–Kier alpha value is -2.86. The molecule has 0 bridgehead atoms. The second-order valence-electron chi connectivity index (χ2n) is 6.64. The number of benzene rings is 2. The number of halogens is 1. The molecule has 1 saturated carbocycles. The monoisotopic (exact) mass is 400 g/mol. The molecule has 1 aliphatic carbocycles. The summed E-state index contributed by atoms with van der Waals surface area (Å²) in [5.41, 5.74) is 2.00. The summed E-state index contributed by atoms with van der Waals surface area (Å²) in [5.74, 6) is -0.836. The fourth-order valence-corrected chi connectivity index (χ4v) is 2.67. The Morgan fingerprint density at radius 1 is 1.00 bits per heavy atom. The fraction of sp³-hybridized carbons (Fsp3) is 0.286. The van der Waals surface area contributed by atoms with Crippen LogP contribution < -0.4 is 10.6 Å². The first-order chi connectivity index (χ1) is 13.5. The van der Waals surface area contributed by atoms with Gasteiger partial charge in [-0.3, -0.25) is 9.59 Å². The summed E-state index contributed by atoms with van der Waals surface area (Å²) in [5, 5.41) is 6.17. The Balaban J connectivity index is 1.37. The maximum Gasteiger partial charge on any atom is 0.338 e. The lowest BCUT2D eigenvalue weighted by Crippen LogP contribution is -2.30. The predicted molar refractivity (Wildman–Crippen MR) is 106 cm³/mol. The van der Waals surface area contributed by atoms with Crippen LogP contribution in [0.25, 0.3) is 0 Å². The first-order valence-corrected chi connectivity index (χ1v) is 9.48. The third-order valence-electron chi connectivity index (χ3n) is 4.32. The highest BCUT2D eigenvalue weighted by Gasteiger charge is 2.29. The van der Waals surface area contributed by atoms with Crippen molar-refractivity contribution in [1.29, 1.82) is 0 Å². The molecule has 3 rings (SSSR count). The van der Waals surface area contributed by atoms with E-state index in [0.717, 1.165) is 18.4 Å². The van der Waals surface area contributed by atoms with Gasteiger partial charge in [-0.2, -0.15) is 0 Å². The van der Waals surface area contributed by atoms with E-state index >= 15 is 0 Å². The number of ether oxygens (including phenoxy) is 1. The smallest absolute Gasteiger partial charge is 0.338 e. The molecule has 0 radical (unpaired) electrons. The van der Waals surface area contributed by atoms with Crippen molar-refractivity contribution in [3.8, 4) is 0 Å². The van der Waals surface area contributed by atoms with Gasteiger partial charge in [0, 0.05) is 23.2 Å². The maximum absolute atomic E-state index is 12.0. The Kier molecular flexibility index (Phi) is 6.66. The molecule has 0 aliphatic heterocycles. The van der Waals surface area contributed by atoms with E-state index in [-0.39, 0.29) is 24.3 Å². The molecule has 28 heavy (non-hydrogen) atoms. The zero-order valence-electron chi connectivity index (χ0n) is 15.2. The molecule has 0 spiro atoms. The predicted octanol–water partition coefficient (Wildman–Crippen LogP) is 3.20. The van der Waals surface area contributed by atoms with Gasteiger partial charge in [0.1, 0.15) is 0 Å². The first-order valence-electron chi connectivity index (χ1n) is 9.10. The largest absolute Gasteiger partial charge is 0.452 e. The van der Waals surface area contributed by atoms with Crippen molar-refractivity contribution in [3.63, 3.8) is 0 Å². The highest BCUT2D eigenvalue weighted by Crippen LogP contribution is 2.30. The third kappa shape index (κ3) is 6.09. The summed E-state index contributed by atoms with van der Waals surface area (Å²) in [6, 6.07) is 13.8. The second-order valence-corrected chi connectivity index (χ2v) is 7.08. The van der Waals surface area contributed by atoms with Crippen LogP contribution in [0, 0.1) is 5.92 Å². The van der Waals surface area contributed by atoms with E-state index in [9.17, 15) is 14.4 Å². The van der Waals surface area contributed by atoms with Gasteiger partial charge in [-0.25, -0.2) is 4.79 Å². The number of hydrogen-bond acceptors (Lipinski definition) is 4. The lowest BCUT2D eigenvalue weighted by molar-refractivity contribution is -0.124. The molecule has 0 atom stereocenters. The Bertz CT molecular complexity index is 846. The molecule has 0 aromatic heterocycles. The zero-order chi connectivity index (χ0) is 19.9. The number of esters is 1. The van der Waals surface area contributed by atoms with Crippen LogP contribution in [-0.4, -0.2) is 30.9 Å². The van der Waals surface area contributed by atoms with Crippen molar-refractivity contribution in [2.75, 3.05) is 18.5 Å². The summed E-state index contributed by atoms with van der Waals surface area (Å²) in [6.45, 7) is 0.0903. The van der Waals surface area contributed by atoms with Crippen LogP contribution in [0.5, 0.6) is 0 Å². The van der Waals surface area contributed by atoms with Crippen LogP contribution in [-0.2, 0) is 20.7 Å². The maximum atomic E-state index is 12.0. The van der Waals surface area contributed by atoms with Crippen LogP contribution in [0.15, 0.2) is 48.5 Å². The van der Waals surface area contributed by atoms with Gasteiger partial charge in [0.25, 0.3) is 5.91 Å². The van der Waals surface area contributed by atoms with E-state index in [2.05, 4.69) is 10.6 Å². The molecular weight excluding hydrogens is 380 g/mol. The molecule has 146 valence electrons. The zero-order valence-corrected chi connectivity index (χ0v) is 16.0. The van der Waals surface area contributed by atoms with E-state index < -0.39 is 5.97 Å². The third-order valence-corrected chi connectivity index (χ3v) is 4.57. The van der Waals surface area contributed by atoms with E-state index in [1.54, 1.807) is 36.4 Å². The summed E-state index contributed by atoms with van der Waals surface area (Å²) in [4.78, 5) is 35.5. The van der Waals surface area contributed by atoms with Gasteiger partial charge >= 0.3 is 5.97 Å². The number of rotatable bonds is 8. The summed E-state index contributed by atoms with van der Waals surface area (Å²) in [6.07, 6.45) is 2.51. The topological polar surface area (TPSA) is 84.5 Å². The Morgan fingerprint density at radius 2 is 1.68 bits per heavy atom. The number of nitrogens with one attached hydrogen (secondary N) is 2. The lowest BCUT2D eigenvalue weighted by Gasteiger charge is -2.08. The normalized spacial score (nSPS) is 12.9. The van der Waals surface area contributed by atoms with Gasteiger partial charge < -0.3 is 15.4 Å². The van der Waals surface area contributed by atoms with E-state index in [4.69, 9.17) is 16.3 Å². The SMILES string of the molecule is O=C(COC(=O)c1ccc(NC(=O)C2CC2)cc1)NCCc1ccc(Cl)cc1. The number of anilines is 1. The van der Waals surface area contributed by atoms with Crippen molar-refractivity contribution in [1.82, 2.24) is 5.32 Å². The van der Waals surface area contributed by atoms with Gasteiger partial charge in [-0.05, 0) is 61.2 Å². The van der Waals surface area contributed by atoms with E-state index in [1.807, 2.05) is 12.1 Å². The lowest BCUT2D eigenvalue weighted by atomic mass is 10.1. The summed E-state index contributed by atoms with van der Waals surface area (Å²) in [7, 11) is 0.